The smallest absolute Gasteiger partial charge is 0.192 e. The van der Waals surface area contributed by atoms with Gasteiger partial charge in [-0.05, 0) is 49.6 Å². The van der Waals surface area contributed by atoms with Gasteiger partial charge in [-0.25, -0.2) is 15.0 Å². The van der Waals surface area contributed by atoms with Crippen LogP contribution < -0.4 is 10.2 Å². The summed E-state index contributed by atoms with van der Waals surface area (Å²) >= 11 is 0. The number of phenolic OH excluding ortho intramolecular Hbond substituents is 1. The number of rotatable bonds is 4. The van der Waals surface area contributed by atoms with Crippen LogP contribution in [0.15, 0.2) is 40.8 Å². The number of aromatic hydroxyl groups is 1. The fraction of sp³-hybridized carbons (Fsp3) is 0.375. The van der Waals surface area contributed by atoms with Crippen molar-refractivity contribution in [2.45, 2.75) is 44.7 Å². The van der Waals surface area contributed by atoms with Crippen LogP contribution in [0, 0.1) is 6.92 Å². The number of aromatic nitrogens is 3. The number of pyridine rings is 2. The maximum atomic E-state index is 10.5. The van der Waals surface area contributed by atoms with E-state index in [0.717, 1.165) is 36.4 Å². The van der Waals surface area contributed by atoms with E-state index in [-0.39, 0.29) is 5.75 Å². The topological polar surface area (TPSA) is 87.3 Å². The summed E-state index contributed by atoms with van der Waals surface area (Å²) in [4.78, 5) is 16.2. The lowest BCUT2D eigenvalue weighted by Crippen LogP contribution is -2.43. The fourth-order valence-electron chi connectivity index (χ4n) is 4.62. The third-order valence-corrected chi connectivity index (χ3v) is 6.51. The lowest BCUT2D eigenvalue weighted by atomic mass is 9.92. The molecule has 1 aliphatic heterocycles. The molecule has 2 aliphatic rings. The second-order valence-corrected chi connectivity index (χ2v) is 8.70. The molecular formula is C24H25N5O2. The molecule has 3 aromatic heterocycles. The van der Waals surface area contributed by atoms with Gasteiger partial charge in [-0.15, -0.1) is 0 Å². The minimum absolute atomic E-state index is 0.138. The van der Waals surface area contributed by atoms with Crippen LogP contribution in [0.3, 0.4) is 0 Å². The van der Waals surface area contributed by atoms with E-state index in [1.165, 1.54) is 19.3 Å². The first-order chi connectivity index (χ1) is 15.1. The zero-order chi connectivity index (χ0) is 20.9. The third kappa shape index (κ3) is 3.39. The van der Waals surface area contributed by atoms with Crippen molar-refractivity contribution in [1.29, 1.82) is 0 Å². The van der Waals surface area contributed by atoms with Gasteiger partial charge in [-0.1, -0.05) is 6.42 Å². The van der Waals surface area contributed by atoms with Crippen molar-refractivity contribution >= 4 is 28.0 Å². The summed E-state index contributed by atoms with van der Waals surface area (Å²) in [5.41, 5.74) is 4.24. The number of phenols is 1. The molecular weight excluding hydrogens is 390 g/mol. The summed E-state index contributed by atoms with van der Waals surface area (Å²) < 4.78 is 5.62. The van der Waals surface area contributed by atoms with E-state index in [2.05, 4.69) is 15.2 Å². The first-order valence-electron chi connectivity index (χ1n) is 11.0. The van der Waals surface area contributed by atoms with E-state index in [1.54, 1.807) is 19.1 Å². The Balaban J connectivity index is 1.27. The van der Waals surface area contributed by atoms with Crippen molar-refractivity contribution in [2.24, 2.45) is 0 Å². The fourth-order valence-corrected chi connectivity index (χ4v) is 4.62. The molecule has 1 saturated carbocycles. The van der Waals surface area contributed by atoms with Crippen LogP contribution in [0.25, 0.3) is 33.4 Å². The van der Waals surface area contributed by atoms with Gasteiger partial charge < -0.3 is 19.7 Å². The standard InChI is InChI=1S/C24H25N5O2/c1-14-25-21-12-22(30)17(11-23(21)31-14)18-5-6-20-19(27-18)7-8-24(28-20)29-10-9-16(13-29)26-15-3-2-4-15/h5-8,11-12,15-16,26,30H,2-4,9-10,13H2,1H3/t16-/m1/s1. The van der Waals surface area contributed by atoms with E-state index in [9.17, 15) is 5.11 Å². The quantitative estimate of drug-likeness (QED) is 0.517. The van der Waals surface area contributed by atoms with E-state index >= 15 is 0 Å². The summed E-state index contributed by atoms with van der Waals surface area (Å²) in [5, 5.41) is 14.3. The second-order valence-electron chi connectivity index (χ2n) is 8.70. The highest BCUT2D eigenvalue weighted by molar-refractivity contribution is 5.86. The van der Waals surface area contributed by atoms with Crippen LogP contribution in [0.4, 0.5) is 5.82 Å². The molecule has 6 rings (SSSR count). The monoisotopic (exact) mass is 415 g/mol. The molecule has 0 amide bonds. The Morgan fingerprint density at radius 3 is 2.65 bits per heavy atom. The second kappa shape index (κ2) is 7.20. The number of aryl methyl sites for hydroxylation is 1. The average molecular weight is 415 g/mol. The van der Waals surface area contributed by atoms with Crippen LogP contribution in [0.5, 0.6) is 5.75 Å². The number of hydrogen-bond acceptors (Lipinski definition) is 7. The van der Waals surface area contributed by atoms with Crippen LogP contribution in [-0.2, 0) is 0 Å². The van der Waals surface area contributed by atoms with E-state index in [0.29, 0.717) is 40.3 Å². The number of benzene rings is 1. The summed E-state index contributed by atoms with van der Waals surface area (Å²) in [6.07, 6.45) is 5.16. The summed E-state index contributed by atoms with van der Waals surface area (Å²) in [5.74, 6) is 1.71. The SMILES string of the molecule is Cc1nc2cc(O)c(-c3ccc4nc(N5CC[C@@H](NC6CCC6)C5)ccc4n3)cc2o1. The molecule has 0 bridgehead atoms. The zero-order valence-electron chi connectivity index (χ0n) is 17.5. The lowest BCUT2D eigenvalue weighted by molar-refractivity contribution is 0.311. The molecule has 1 aromatic carbocycles. The summed E-state index contributed by atoms with van der Waals surface area (Å²) in [7, 11) is 0. The molecule has 7 heteroatoms. The van der Waals surface area contributed by atoms with Gasteiger partial charge in [0.1, 0.15) is 17.1 Å². The first kappa shape index (κ1) is 18.6. The molecule has 7 nitrogen and oxygen atoms in total. The van der Waals surface area contributed by atoms with Crippen molar-refractivity contribution in [3.05, 3.63) is 42.3 Å². The van der Waals surface area contributed by atoms with Gasteiger partial charge in [0.05, 0.1) is 16.7 Å². The van der Waals surface area contributed by atoms with Crippen molar-refractivity contribution in [3.63, 3.8) is 0 Å². The average Bonchev–Trinajstić information content (AvgIpc) is 3.35. The van der Waals surface area contributed by atoms with E-state index in [4.69, 9.17) is 14.4 Å². The normalized spacial score (nSPS) is 19.4. The molecule has 1 aliphatic carbocycles. The highest BCUT2D eigenvalue weighted by atomic mass is 16.3. The van der Waals surface area contributed by atoms with Crippen molar-refractivity contribution in [1.82, 2.24) is 20.3 Å². The molecule has 2 fully saturated rings. The minimum atomic E-state index is 0.138. The van der Waals surface area contributed by atoms with Gasteiger partial charge in [0, 0.05) is 43.7 Å². The zero-order valence-corrected chi connectivity index (χ0v) is 17.5. The highest BCUT2D eigenvalue weighted by Gasteiger charge is 2.27. The van der Waals surface area contributed by atoms with Gasteiger partial charge in [0.2, 0.25) is 0 Å². The molecule has 1 atom stereocenters. The van der Waals surface area contributed by atoms with Crippen molar-refractivity contribution < 1.29 is 9.52 Å². The number of nitrogens with one attached hydrogen (secondary N) is 1. The van der Waals surface area contributed by atoms with Gasteiger partial charge in [-0.2, -0.15) is 0 Å². The number of nitrogens with zero attached hydrogens (tertiary/aromatic N) is 4. The Labute approximate surface area is 180 Å². The first-order valence-corrected chi connectivity index (χ1v) is 11.0. The lowest BCUT2D eigenvalue weighted by Gasteiger charge is -2.30. The predicted molar refractivity (Wildman–Crippen MR) is 120 cm³/mol. The Hall–Kier alpha value is -3.19. The minimum Gasteiger partial charge on any atom is -0.507 e. The molecule has 0 radical (unpaired) electrons. The third-order valence-electron chi connectivity index (χ3n) is 6.51. The molecule has 4 heterocycles. The highest BCUT2D eigenvalue weighted by Crippen LogP contribution is 2.33. The largest absolute Gasteiger partial charge is 0.507 e. The van der Waals surface area contributed by atoms with Crippen LogP contribution in [-0.4, -0.2) is 45.2 Å². The Morgan fingerprint density at radius 2 is 1.81 bits per heavy atom. The van der Waals surface area contributed by atoms with Crippen molar-refractivity contribution in [2.75, 3.05) is 18.0 Å². The molecule has 1 saturated heterocycles. The number of anilines is 1. The number of hydrogen-bond donors (Lipinski definition) is 2. The molecule has 0 unspecified atom stereocenters. The molecule has 0 spiro atoms. The Bertz CT molecular complexity index is 1280. The Morgan fingerprint density at radius 1 is 0.968 bits per heavy atom. The van der Waals surface area contributed by atoms with Gasteiger partial charge in [0.25, 0.3) is 0 Å². The van der Waals surface area contributed by atoms with Crippen molar-refractivity contribution in [3.8, 4) is 17.0 Å². The van der Waals surface area contributed by atoms with Crippen LogP contribution >= 0.6 is 0 Å². The van der Waals surface area contributed by atoms with Gasteiger partial charge >= 0.3 is 0 Å². The summed E-state index contributed by atoms with van der Waals surface area (Å²) in [6.45, 7) is 3.82. The van der Waals surface area contributed by atoms with Crippen LogP contribution in [0.2, 0.25) is 0 Å². The molecule has 31 heavy (non-hydrogen) atoms. The van der Waals surface area contributed by atoms with E-state index in [1.807, 2.05) is 24.3 Å². The Kier molecular flexibility index (Phi) is 4.31. The molecule has 2 N–H and O–H groups in total. The van der Waals surface area contributed by atoms with Gasteiger partial charge in [0.15, 0.2) is 11.5 Å². The number of oxazole rings is 1. The molecule has 158 valence electrons. The van der Waals surface area contributed by atoms with Crippen LogP contribution in [0.1, 0.15) is 31.6 Å². The summed E-state index contributed by atoms with van der Waals surface area (Å²) in [6, 6.07) is 12.6. The predicted octanol–water partition coefficient (Wildman–Crippen LogP) is 4.17. The molecule has 4 aromatic rings. The maximum absolute atomic E-state index is 10.5. The number of fused-ring (bicyclic) bond motifs is 2. The van der Waals surface area contributed by atoms with E-state index < -0.39 is 0 Å². The maximum Gasteiger partial charge on any atom is 0.192 e. The van der Waals surface area contributed by atoms with Gasteiger partial charge in [-0.3, -0.25) is 0 Å².